The van der Waals surface area contributed by atoms with E-state index in [-0.39, 0.29) is 5.91 Å². The summed E-state index contributed by atoms with van der Waals surface area (Å²) in [6.07, 6.45) is 5.40. The first-order valence-electron chi connectivity index (χ1n) is 9.20. The summed E-state index contributed by atoms with van der Waals surface area (Å²) in [6.45, 7) is 2.16. The van der Waals surface area contributed by atoms with Gasteiger partial charge in [0.2, 0.25) is 0 Å². The van der Waals surface area contributed by atoms with Crippen LogP contribution < -0.4 is 10.1 Å². The van der Waals surface area contributed by atoms with Crippen LogP contribution in [0.15, 0.2) is 42.9 Å². The number of rotatable bonds is 5. The van der Waals surface area contributed by atoms with Gasteiger partial charge in [-0.15, -0.1) is 0 Å². The summed E-state index contributed by atoms with van der Waals surface area (Å²) >= 11 is 0. The molecule has 4 rings (SSSR count). The van der Waals surface area contributed by atoms with E-state index in [0.29, 0.717) is 18.1 Å². The number of carbonyl (C=O) groups excluding carboxylic acids is 1. The number of nitrogens with zero attached hydrogens (tertiary/aromatic N) is 5. The number of hydrogen-bond donors (Lipinski definition) is 1. The van der Waals surface area contributed by atoms with Crippen LogP contribution >= 0.6 is 0 Å². The van der Waals surface area contributed by atoms with Crippen molar-refractivity contribution < 1.29 is 9.53 Å². The summed E-state index contributed by atoms with van der Waals surface area (Å²) in [6, 6.07) is 7.64. The van der Waals surface area contributed by atoms with E-state index in [2.05, 4.69) is 25.0 Å². The topological polar surface area (TPSA) is 86.9 Å². The smallest absolute Gasteiger partial charge is 0.269 e. The molecule has 0 spiro atoms. The molecule has 0 unspecified atom stereocenters. The molecule has 29 heavy (non-hydrogen) atoms. The summed E-state index contributed by atoms with van der Waals surface area (Å²) in [5, 5.41) is 8.01. The largest absolute Gasteiger partial charge is 0.497 e. The lowest BCUT2D eigenvalue weighted by Crippen LogP contribution is -2.25. The van der Waals surface area contributed by atoms with Gasteiger partial charge in [-0.05, 0) is 31.2 Å². The van der Waals surface area contributed by atoms with Crippen LogP contribution in [-0.2, 0) is 20.6 Å². The van der Waals surface area contributed by atoms with Crippen LogP contribution in [0.1, 0.15) is 21.9 Å². The van der Waals surface area contributed by atoms with Crippen LogP contribution in [0.2, 0.25) is 0 Å². The van der Waals surface area contributed by atoms with Gasteiger partial charge >= 0.3 is 0 Å². The van der Waals surface area contributed by atoms with Crippen LogP contribution in [-0.4, -0.2) is 37.3 Å². The maximum Gasteiger partial charge on any atom is 0.269 e. The van der Waals surface area contributed by atoms with E-state index in [9.17, 15) is 4.79 Å². The number of aromatic nitrogens is 5. The molecule has 0 aliphatic heterocycles. The van der Waals surface area contributed by atoms with Gasteiger partial charge < -0.3 is 14.6 Å². The van der Waals surface area contributed by atoms with Crippen LogP contribution in [0.4, 0.5) is 0 Å². The normalized spacial score (nSPS) is 11.0. The average molecular weight is 390 g/mol. The molecule has 0 aliphatic rings. The predicted octanol–water partition coefficient (Wildman–Crippen LogP) is 2.62. The third-order valence-electron chi connectivity index (χ3n) is 4.93. The van der Waals surface area contributed by atoms with E-state index < -0.39 is 0 Å². The van der Waals surface area contributed by atoms with E-state index in [4.69, 9.17) is 4.74 Å². The van der Waals surface area contributed by atoms with Crippen molar-refractivity contribution >= 4 is 16.8 Å². The van der Waals surface area contributed by atoms with E-state index >= 15 is 0 Å². The highest BCUT2D eigenvalue weighted by molar-refractivity contribution is 5.97. The summed E-state index contributed by atoms with van der Waals surface area (Å²) in [7, 11) is 5.38. The number of fused-ring (bicyclic) bond motifs is 1. The number of amides is 1. The highest BCUT2D eigenvalue weighted by Crippen LogP contribution is 2.33. The Balaban J connectivity index is 1.73. The molecular formula is C21H22N6O2. The van der Waals surface area contributed by atoms with Gasteiger partial charge in [0.25, 0.3) is 5.91 Å². The van der Waals surface area contributed by atoms with Gasteiger partial charge in [-0.2, -0.15) is 5.10 Å². The molecule has 1 amide bonds. The second-order valence-corrected chi connectivity index (χ2v) is 6.85. The number of nitrogens with one attached hydrogen (secondary N) is 1. The Hall–Kier alpha value is -3.68. The monoisotopic (exact) mass is 390 g/mol. The second-order valence-electron chi connectivity index (χ2n) is 6.85. The highest BCUT2D eigenvalue weighted by Gasteiger charge is 2.17. The fraction of sp³-hybridized carbons (Fsp3) is 0.238. The van der Waals surface area contributed by atoms with Crippen molar-refractivity contribution in [1.29, 1.82) is 0 Å². The van der Waals surface area contributed by atoms with Crippen molar-refractivity contribution in [3.63, 3.8) is 0 Å². The van der Waals surface area contributed by atoms with Crippen molar-refractivity contribution in [3.05, 3.63) is 59.9 Å². The molecule has 0 saturated heterocycles. The number of carbonyl (C=O) groups is 1. The number of benzene rings is 1. The molecule has 8 nitrogen and oxygen atoms in total. The third kappa shape index (κ3) is 3.44. The maximum absolute atomic E-state index is 12.5. The highest BCUT2D eigenvalue weighted by atomic mass is 16.5. The lowest BCUT2D eigenvalue weighted by atomic mass is 10.1. The summed E-state index contributed by atoms with van der Waals surface area (Å²) in [5.74, 6) is 1.25. The van der Waals surface area contributed by atoms with Gasteiger partial charge in [0, 0.05) is 61.3 Å². The third-order valence-corrected chi connectivity index (χ3v) is 4.93. The van der Waals surface area contributed by atoms with Crippen LogP contribution in [0, 0.1) is 6.92 Å². The Morgan fingerprint density at radius 3 is 2.79 bits per heavy atom. The molecule has 3 heterocycles. The predicted molar refractivity (Wildman–Crippen MR) is 110 cm³/mol. The average Bonchev–Trinajstić information content (AvgIpc) is 3.29. The first kappa shape index (κ1) is 18.7. The molecule has 0 atom stereocenters. The van der Waals surface area contributed by atoms with Crippen LogP contribution in [0.25, 0.3) is 22.2 Å². The molecule has 0 fully saturated rings. The quantitative estimate of drug-likeness (QED) is 0.566. The van der Waals surface area contributed by atoms with E-state index in [1.54, 1.807) is 37.3 Å². The Labute approximate surface area is 168 Å². The number of aryl methyl sites for hydroxylation is 3. The number of ether oxygens (including phenoxy) is 1. The summed E-state index contributed by atoms with van der Waals surface area (Å²) < 4.78 is 9.00. The van der Waals surface area contributed by atoms with E-state index in [0.717, 1.165) is 33.5 Å². The zero-order chi connectivity index (χ0) is 20.5. The molecule has 3 aromatic heterocycles. The lowest BCUT2D eigenvalue weighted by molar-refractivity contribution is 0.0941. The van der Waals surface area contributed by atoms with Crippen LogP contribution in [0.5, 0.6) is 5.75 Å². The second kappa shape index (κ2) is 7.38. The van der Waals surface area contributed by atoms with Gasteiger partial charge in [0.1, 0.15) is 17.3 Å². The minimum atomic E-state index is -0.198. The van der Waals surface area contributed by atoms with Gasteiger partial charge in [-0.3, -0.25) is 9.48 Å². The molecule has 0 aliphatic carbocycles. The summed E-state index contributed by atoms with van der Waals surface area (Å²) in [5.41, 5.74) is 4.16. The number of methoxy groups -OCH3 is 1. The molecule has 148 valence electrons. The fourth-order valence-electron chi connectivity index (χ4n) is 3.41. The first-order chi connectivity index (χ1) is 14.0. The van der Waals surface area contributed by atoms with Gasteiger partial charge in [-0.1, -0.05) is 0 Å². The Kier molecular flexibility index (Phi) is 4.75. The minimum Gasteiger partial charge on any atom is -0.497 e. The SMILES string of the molecule is COc1ccc2c(c1)c(-c1nc(C)ncc1CNC(=O)c1ccnn1C)cn2C. The summed E-state index contributed by atoms with van der Waals surface area (Å²) in [4.78, 5) is 21.5. The Morgan fingerprint density at radius 1 is 1.24 bits per heavy atom. The fourth-order valence-corrected chi connectivity index (χ4v) is 3.41. The van der Waals surface area contributed by atoms with Crippen molar-refractivity contribution in [1.82, 2.24) is 29.6 Å². The van der Waals surface area contributed by atoms with Gasteiger partial charge in [0.05, 0.1) is 12.8 Å². The van der Waals surface area contributed by atoms with Crippen molar-refractivity contribution in [2.45, 2.75) is 13.5 Å². The lowest BCUT2D eigenvalue weighted by Gasteiger charge is -2.10. The van der Waals surface area contributed by atoms with E-state index in [1.165, 1.54) is 0 Å². The van der Waals surface area contributed by atoms with Gasteiger partial charge in [0.15, 0.2) is 0 Å². The maximum atomic E-state index is 12.5. The molecule has 1 aromatic carbocycles. The molecule has 8 heteroatoms. The van der Waals surface area contributed by atoms with Crippen molar-refractivity contribution in [2.24, 2.45) is 14.1 Å². The minimum absolute atomic E-state index is 0.198. The number of hydrogen-bond acceptors (Lipinski definition) is 5. The Bertz CT molecular complexity index is 1210. The first-order valence-corrected chi connectivity index (χ1v) is 9.20. The van der Waals surface area contributed by atoms with Gasteiger partial charge in [-0.25, -0.2) is 9.97 Å². The van der Waals surface area contributed by atoms with Crippen LogP contribution in [0.3, 0.4) is 0 Å². The molecule has 0 bridgehead atoms. The zero-order valence-electron chi connectivity index (χ0n) is 16.8. The molecule has 0 radical (unpaired) electrons. The molecule has 4 aromatic rings. The van der Waals surface area contributed by atoms with Crippen molar-refractivity contribution in [3.8, 4) is 17.0 Å². The zero-order valence-corrected chi connectivity index (χ0v) is 16.8. The molecule has 0 saturated carbocycles. The molecular weight excluding hydrogens is 368 g/mol. The van der Waals surface area contributed by atoms with Crippen molar-refractivity contribution in [2.75, 3.05) is 7.11 Å². The Morgan fingerprint density at radius 2 is 2.07 bits per heavy atom. The van der Waals surface area contributed by atoms with E-state index in [1.807, 2.05) is 38.4 Å². The molecule has 1 N–H and O–H groups in total. The standard InChI is InChI=1S/C21H22N6O2/c1-13-22-10-14(11-23-21(28)19-7-8-24-27(19)3)20(25-13)17-12-26(2)18-6-5-15(29-4)9-16(17)18/h5-10,12H,11H2,1-4H3,(H,23,28).